The molecule has 0 spiro atoms. The van der Waals surface area contributed by atoms with Crippen LogP contribution in [0.3, 0.4) is 0 Å². The van der Waals surface area contributed by atoms with Crippen molar-refractivity contribution in [2.24, 2.45) is 10.7 Å². The summed E-state index contributed by atoms with van der Waals surface area (Å²) in [5.41, 5.74) is 9.94. The lowest BCUT2D eigenvalue weighted by Crippen LogP contribution is -2.40. The number of aliphatic imine (C=N–C) groups is 1. The molecule has 11 nitrogen and oxygen atoms in total. The van der Waals surface area contributed by atoms with Crippen molar-refractivity contribution in [3.63, 3.8) is 0 Å². The fraction of sp³-hybridized carbons (Fsp3) is 0.308. The number of piperidine rings is 1. The summed E-state index contributed by atoms with van der Waals surface area (Å²) < 4.78 is 9.18. The third-order valence-electron chi connectivity index (χ3n) is 6.50. The van der Waals surface area contributed by atoms with E-state index in [-0.39, 0.29) is 17.5 Å². The molecule has 1 saturated heterocycles. The number of nitrogens with two attached hydrogens (primary N) is 1. The number of fused-ring (bicyclic) bond motifs is 1. The van der Waals surface area contributed by atoms with Gasteiger partial charge in [0.1, 0.15) is 34.5 Å². The summed E-state index contributed by atoms with van der Waals surface area (Å²) in [7, 11) is 3.16. The van der Waals surface area contributed by atoms with E-state index < -0.39 is 0 Å². The van der Waals surface area contributed by atoms with Crippen LogP contribution in [0.1, 0.15) is 30.1 Å². The Morgan fingerprint density at radius 3 is 2.65 bits per heavy atom. The van der Waals surface area contributed by atoms with Crippen LogP contribution in [0.4, 0.5) is 0 Å². The van der Waals surface area contributed by atoms with Crippen molar-refractivity contribution in [1.29, 1.82) is 10.5 Å². The van der Waals surface area contributed by atoms with Gasteiger partial charge >= 0.3 is 0 Å². The number of nitrogens with zero attached hydrogens (tertiary/aromatic N) is 8. The van der Waals surface area contributed by atoms with Crippen LogP contribution < -0.4 is 10.5 Å². The van der Waals surface area contributed by atoms with Crippen LogP contribution in [0.15, 0.2) is 53.1 Å². The molecular weight excluding hydrogens is 470 g/mol. The molecule has 3 aromatic rings. The van der Waals surface area contributed by atoms with Crippen molar-refractivity contribution in [3.05, 3.63) is 59.3 Å². The van der Waals surface area contributed by atoms with Crippen molar-refractivity contribution in [1.82, 2.24) is 24.3 Å². The van der Waals surface area contributed by atoms with Crippen LogP contribution in [0.25, 0.3) is 16.6 Å². The Kier molecular flexibility index (Phi) is 7.35. The van der Waals surface area contributed by atoms with Crippen LogP contribution in [-0.2, 0) is 4.79 Å². The van der Waals surface area contributed by atoms with Gasteiger partial charge in [0.15, 0.2) is 0 Å². The largest absolute Gasteiger partial charge is 0.494 e. The van der Waals surface area contributed by atoms with E-state index in [0.29, 0.717) is 48.3 Å². The molecule has 0 aromatic carbocycles. The second-order valence-corrected chi connectivity index (χ2v) is 8.60. The quantitative estimate of drug-likeness (QED) is 0.238. The summed E-state index contributed by atoms with van der Waals surface area (Å²) in [4.78, 5) is 18.5. The van der Waals surface area contributed by atoms with E-state index in [9.17, 15) is 15.3 Å². The van der Waals surface area contributed by atoms with E-state index in [4.69, 9.17) is 10.5 Å². The maximum atomic E-state index is 12.9. The SMILES string of the molecule is CN=CC(=C\N)/C=C(\C#N)C(=O)N1CCC(n2ncc(-c3cc(OC)c4c(C#N)cnn4c3)c2C)CC1. The van der Waals surface area contributed by atoms with Crippen LogP contribution in [0.5, 0.6) is 5.75 Å². The van der Waals surface area contributed by atoms with Gasteiger partial charge in [-0.1, -0.05) is 0 Å². The van der Waals surface area contributed by atoms with E-state index in [1.807, 2.05) is 36.1 Å². The Morgan fingerprint density at radius 1 is 1.27 bits per heavy atom. The van der Waals surface area contributed by atoms with Crippen LogP contribution in [0, 0.1) is 29.6 Å². The summed E-state index contributed by atoms with van der Waals surface area (Å²) in [5, 5.41) is 27.8. The predicted octanol–water partition coefficient (Wildman–Crippen LogP) is 2.54. The number of allylic oxidation sites excluding steroid dienone is 2. The van der Waals surface area contributed by atoms with Gasteiger partial charge in [-0.2, -0.15) is 20.7 Å². The normalized spacial score (nSPS) is 15.2. The lowest BCUT2D eigenvalue weighted by Gasteiger charge is -2.32. The zero-order chi connectivity index (χ0) is 26.5. The van der Waals surface area contributed by atoms with Gasteiger partial charge in [0.2, 0.25) is 0 Å². The molecule has 1 fully saturated rings. The first kappa shape index (κ1) is 25.2. The average molecular weight is 498 g/mol. The molecule has 0 aliphatic carbocycles. The van der Waals surface area contributed by atoms with Gasteiger partial charge in [0.05, 0.1) is 25.5 Å². The number of carbonyl (C=O) groups is 1. The molecule has 1 amide bonds. The van der Waals surface area contributed by atoms with E-state index in [0.717, 1.165) is 16.8 Å². The Balaban J connectivity index is 1.52. The monoisotopic (exact) mass is 497 g/mol. The zero-order valence-electron chi connectivity index (χ0n) is 20.9. The van der Waals surface area contributed by atoms with Crippen molar-refractivity contribution < 1.29 is 9.53 Å². The first-order chi connectivity index (χ1) is 17.9. The van der Waals surface area contributed by atoms with Crippen LogP contribution in [0.2, 0.25) is 0 Å². The molecular formula is C26H27N9O2. The molecule has 4 heterocycles. The highest BCUT2D eigenvalue weighted by Gasteiger charge is 2.28. The van der Waals surface area contributed by atoms with Gasteiger partial charge in [0.25, 0.3) is 5.91 Å². The molecule has 0 radical (unpaired) electrons. The number of nitriles is 2. The zero-order valence-corrected chi connectivity index (χ0v) is 20.9. The Morgan fingerprint density at radius 2 is 2.03 bits per heavy atom. The van der Waals surface area contributed by atoms with Crippen molar-refractivity contribution >= 4 is 17.6 Å². The van der Waals surface area contributed by atoms with Gasteiger partial charge < -0.3 is 15.4 Å². The van der Waals surface area contributed by atoms with Crippen LogP contribution >= 0.6 is 0 Å². The third kappa shape index (κ3) is 4.80. The molecule has 1 aliphatic heterocycles. The summed E-state index contributed by atoms with van der Waals surface area (Å²) in [6.07, 6.45) is 10.9. The molecule has 3 aromatic heterocycles. The molecule has 0 saturated carbocycles. The van der Waals surface area contributed by atoms with Gasteiger partial charge in [-0.15, -0.1) is 0 Å². The summed E-state index contributed by atoms with van der Waals surface area (Å²) in [6.45, 7) is 3.02. The Labute approximate surface area is 214 Å². The summed E-state index contributed by atoms with van der Waals surface area (Å²) in [5.74, 6) is 0.240. The molecule has 0 unspecified atom stereocenters. The fourth-order valence-corrected chi connectivity index (χ4v) is 4.61. The Hall–Kier alpha value is -4.90. The maximum Gasteiger partial charge on any atom is 0.264 e. The van der Waals surface area contributed by atoms with Crippen molar-refractivity contribution in [3.8, 4) is 29.0 Å². The minimum Gasteiger partial charge on any atom is -0.494 e. The molecule has 188 valence electrons. The minimum absolute atomic E-state index is 0.0233. The molecule has 4 rings (SSSR count). The summed E-state index contributed by atoms with van der Waals surface area (Å²) in [6, 6.07) is 6.12. The van der Waals surface area contributed by atoms with Crippen molar-refractivity contribution in [2.75, 3.05) is 27.2 Å². The minimum atomic E-state index is -0.320. The molecule has 1 aliphatic rings. The molecule has 0 bridgehead atoms. The van der Waals surface area contributed by atoms with Gasteiger partial charge in [-0.05, 0) is 31.9 Å². The molecule has 2 N–H and O–H groups in total. The number of ether oxygens (including phenoxy) is 1. The van der Waals surface area contributed by atoms with E-state index >= 15 is 0 Å². The predicted molar refractivity (Wildman–Crippen MR) is 138 cm³/mol. The highest BCUT2D eigenvalue weighted by atomic mass is 16.5. The first-order valence-electron chi connectivity index (χ1n) is 11.7. The number of pyridine rings is 1. The second-order valence-electron chi connectivity index (χ2n) is 8.60. The molecule has 0 atom stereocenters. The molecule has 37 heavy (non-hydrogen) atoms. The van der Waals surface area contributed by atoms with E-state index in [2.05, 4.69) is 21.3 Å². The maximum absolute atomic E-state index is 12.9. The highest BCUT2D eigenvalue weighted by molar-refractivity contribution is 5.99. The number of carbonyl (C=O) groups excluding carboxylic acids is 1. The number of hydrogen-bond acceptors (Lipinski definition) is 8. The number of amides is 1. The number of methoxy groups -OCH3 is 1. The number of aromatic nitrogens is 4. The van der Waals surface area contributed by atoms with E-state index in [1.165, 1.54) is 24.7 Å². The van der Waals surface area contributed by atoms with E-state index in [1.54, 1.807) is 23.6 Å². The smallest absolute Gasteiger partial charge is 0.264 e. The number of likely N-dealkylation sites (tertiary alicyclic amines) is 1. The third-order valence-corrected chi connectivity index (χ3v) is 6.50. The number of rotatable bonds is 6. The average Bonchev–Trinajstić information content (AvgIpc) is 3.53. The van der Waals surface area contributed by atoms with Crippen LogP contribution in [-0.4, -0.2) is 63.7 Å². The topological polar surface area (TPSA) is 151 Å². The molecule has 11 heteroatoms. The van der Waals surface area contributed by atoms with Gasteiger partial charge in [-0.3, -0.25) is 14.5 Å². The summed E-state index contributed by atoms with van der Waals surface area (Å²) >= 11 is 0. The van der Waals surface area contributed by atoms with Gasteiger partial charge in [-0.25, -0.2) is 4.52 Å². The fourth-order valence-electron chi connectivity index (χ4n) is 4.61. The second kappa shape index (κ2) is 10.8. The van der Waals surface area contributed by atoms with Crippen molar-refractivity contribution in [2.45, 2.75) is 25.8 Å². The first-order valence-corrected chi connectivity index (χ1v) is 11.7. The van der Waals surface area contributed by atoms with Gasteiger partial charge in [0, 0.05) is 61.1 Å². The Bertz CT molecular complexity index is 1500. The standard InChI is InChI=1S/C26H27N9O2/c1-17-23(20-9-24(37-3)25-21(12-29)14-31-34(25)16-20)15-32-35(17)22-4-6-33(7-5-22)26(36)19(11-28)8-18(10-27)13-30-2/h8-10,13-16,22H,4-7,27H2,1-3H3/b18-10-,19-8+,30-13?. The lowest BCUT2D eigenvalue weighted by atomic mass is 10.0. The number of hydrogen-bond donors (Lipinski definition) is 1. The highest BCUT2D eigenvalue weighted by Crippen LogP contribution is 2.33. The lowest BCUT2D eigenvalue weighted by molar-refractivity contribution is -0.128.